The van der Waals surface area contributed by atoms with E-state index in [9.17, 15) is 9.59 Å². The fourth-order valence-electron chi connectivity index (χ4n) is 1.29. The molecule has 10 heteroatoms. The Kier molecular flexibility index (Phi) is 3.93. The predicted octanol–water partition coefficient (Wildman–Crippen LogP) is 1.47. The molecule has 0 aromatic heterocycles. The lowest BCUT2D eigenvalue weighted by atomic mass is 10.0. The number of hydrogen-bond acceptors (Lipinski definition) is 6. The van der Waals surface area contributed by atoms with E-state index >= 15 is 0 Å². The van der Waals surface area contributed by atoms with Gasteiger partial charge in [-0.1, -0.05) is 10.2 Å². The Morgan fingerprint density at radius 1 is 0.889 bits per heavy atom. The number of ketones is 2. The average Bonchev–Trinajstić information content (AvgIpc) is 2.36. The zero-order chi connectivity index (χ0) is 13.7. The Hall–Kier alpha value is -2.96. The highest BCUT2D eigenvalue weighted by atomic mass is 16.5. The first-order valence-corrected chi connectivity index (χ1v) is 4.38. The van der Waals surface area contributed by atoms with Crippen LogP contribution in [0, 0.1) is 0 Å². The third-order valence-corrected chi connectivity index (χ3v) is 1.97. The van der Waals surface area contributed by atoms with Crippen molar-refractivity contribution in [2.75, 3.05) is 14.2 Å². The van der Waals surface area contributed by atoms with Crippen molar-refractivity contribution in [3.8, 4) is 0 Å². The summed E-state index contributed by atoms with van der Waals surface area (Å²) in [6.45, 7) is 0. The summed E-state index contributed by atoms with van der Waals surface area (Å²) < 4.78 is 9.39. The predicted molar refractivity (Wildman–Crippen MR) is 56.4 cm³/mol. The standard InChI is InChI=1S/C8H6N6O4/c1-17-7-3(11-13-9)5(15)4(12-14-10)8(18-2)6(7)16/h1-2H3. The molecule has 18 heavy (non-hydrogen) atoms. The SMILES string of the molecule is COC1=C(N=[N+]=[N-])C(=O)C(N=[N+]=[N-])=C(OC)C1=O. The van der Waals surface area contributed by atoms with Crippen LogP contribution in [0.3, 0.4) is 0 Å². The summed E-state index contributed by atoms with van der Waals surface area (Å²) in [6.07, 6.45) is 0. The first kappa shape index (κ1) is 13.1. The van der Waals surface area contributed by atoms with Crippen molar-refractivity contribution in [1.82, 2.24) is 0 Å². The molecule has 0 unspecified atom stereocenters. The maximum atomic E-state index is 11.8. The minimum Gasteiger partial charge on any atom is -0.492 e. The lowest BCUT2D eigenvalue weighted by molar-refractivity contribution is -0.121. The smallest absolute Gasteiger partial charge is 0.263 e. The summed E-state index contributed by atoms with van der Waals surface area (Å²) in [5, 5.41) is 6.12. The normalized spacial score (nSPS) is 15.0. The first-order chi connectivity index (χ1) is 8.62. The van der Waals surface area contributed by atoms with Gasteiger partial charge in [-0.3, -0.25) is 9.59 Å². The van der Waals surface area contributed by atoms with Crippen molar-refractivity contribution >= 4 is 11.6 Å². The molecule has 0 aromatic rings. The Labute approximate surface area is 99.7 Å². The Bertz CT molecular complexity index is 528. The highest BCUT2D eigenvalue weighted by Gasteiger charge is 2.35. The van der Waals surface area contributed by atoms with Gasteiger partial charge in [0.05, 0.1) is 14.2 Å². The van der Waals surface area contributed by atoms with Gasteiger partial charge in [-0.25, -0.2) is 0 Å². The zero-order valence-corrected chi connectivity index (χ0v) is 9.32. The largest absolute Gasteiger partial charge is 0.492 e. The van der Waals surface area contributed by atoms with Crippen LogP contribution >= 0.6 is 0 Å². The van der Waals surface area contributed by atoms with Gasteiger partial charge in [0.1, 0.15) is 11.4 Å². The second-order valence-corrected chi connectivity index (χ2v) is 2.80. The van der Waals surface area contributed by atoms with Gasteiger partial charge in [-0.05, 0) is 11.1 Å². The van der Waals surface area contributed by atoms with E-state index in [1.807, 2.05) is 0 Å². The van der Waals surface area contributed by atoms with Gasteiger partial charge >= 0.3 is 0 Å². The maximum Gasteiger partial charge on any atom is 0.263 e. The number of ether oxygens (including phenoxy) is 2. The van der Waals surface area contributed by atoms with Gasteiger partial charge in [-0.2, -0.15) is 0 Å². The van der Waals surface area contributed by atoms with Crippen molar-refractivity contribution < 1.29 is 19.1 Å². The van der Waals surface area contributed by atoms with Crippen molar-refractivity contribution in [2.45, 2.75) is 0 Å². The van der Waals surface area contributed by atoms with E-state index < -0.39 is 34.5 Å². The first-order valence-electron chi connectivity index (χ1n) is 4.38. The Morgan fingerprint density at radius 3 is 1.56 bits per heavy atom. The zero-order valence-electron chi connectivity index (χ0n) is 9.32. The molecule has 0 saturated heterocycles. The number of rotatable bonds is 4. The Morgan fingerprint density at radius 2 is 1.28 bits per heavy atom. The quantitative estimate of drug-likeness (QED) is 0.321. The molecular formula is C8H6N6O4. The van der Waals surface area contributed by atoms with Gasteiger partial charge in [0, 0.05) is 9.82 Å². The highest BCUT2D eigenvalue weighted by molar-refractivity contribution is 6.23. The summed E-state index contributed by atoms with van der Waals surface area (Å²) >= 11 is 0. The molecule has 0 heterocycles. The molecule has 1 aliphatic rings. The van der Waals surface area contributed by atoms with Crippen LogP contribution < -0.4 is 0 Å². The minimum atomic E-state index is -0.945. The third-order valence-electron chi connectivity index (χ3n) is 1.97. The monoisotopic (exact) mass is 250 g/mol. The number of carbonyl (C=O) groups excluding carboxylic acids is 2. The lowest BCUT2D eigenvalue weighted by Gasteiger charge is -2.17. The summed E-state index contributed by atoms with van der Waals surface area (Å²) in [7, 11) is 2.25. The van der Waals surface area contributed by atoms with Crippen LogP contribution in [0.1, 0.15) is 0 Å². The number of methoxy groups -OCH3 is 2. The topological polar surface area (TPSA) is 150 Å². The van der Waals surface area contributed by atoms with E-state index in [1.165, 1.54) is 0 Å². The van der Waals surface area contributed by atoms with Crippen molar-refractivity contribution in [3.63, 3.8) is 0 Å². The molecule has 0 fully saturated rings. The van der Waals surface area contributed by atoms with E-state index in [2.05, 4.69) is 20.1 Å². The average molecular weight is 250 g/mol. The van der Waals surface area contributed by atoms with Crippen LogP contribution in [0.15, 0.2) is 33.1 Å². The van der Waals surface area contributed by atoms with Gasteiger partial charge in [0.15, 0.2) is 11.5 Å². The van der Waals surface area contributed by atoms with Gasteiger partial charge < -0.3 is 9.47 Å². The molecule has 1 aliphatic carbocycles. The van der Waals surface area contributed by atoms with Crippen molar-refractivity contribution in [3.05, 3.63) is 43.8 Å². The van der Waals surface area contributed by atoms with Crippen LogP contribution in [0.2, 0.25) is 0 Å². The molecule has 0 saturated carbocycles. The molecule has 0 aromatic carbocycles. The summed E-state index contributed by atoms with van der Waals surface area (Å²) in [5.41, 5.74) is 15.5. The number of nitrogens with zero attached hydrogens (tertiary/aromatic N) is 6. The molecular weight excluding hydrogens is 244 g/mol. The second kappa shape index (κ2) is 5.39. The van der Waals surface area contributed by atoms with E-state index in [0.717, 1.165) is 14.2 Å². The fraction of sp³-hybridized carbons (Fsp3) is 0.250. The molecule has 0 aliphatic heterocycles. The Balaban J connectivity index is 3.57. The van der Waals surface area contributed by atoms with Crippen LogP contribution in [-0.4, -0.2) is 25.8 Å². The van der Waals surface area contributed by atoms with Crippen LogP contribution in [0.4, 0.5) is 0 Å². The number of Topliss-reactive ketones (excluding diaryl/α,β-unsaturated/α-hetero) is 2. The molecule has 0 N–H and O–H groups in total. The summed E-state index contributed by atoms with van der Waals surface area (Å²) in [6, 6.07) is 0. The molecule has 0 radical (unpaired) electrons. The molecule has 0 amide bonds. The highest BCUT2D eigenvalue weighted by Crippen LogP contribution is 2.27. The fourth-order valence-corrected chi connectivity index (χ4v) is 1.29. The van der Waals surface area contributed by atoms with Crippen molar-refractivity contribution in [2.24, 2.45) is 10.2 Å². The van der Waals surface area contributed by atoms with Crippen LogP contribution in [0.25, 0.3) is 20.9 Å². The van der Waals surface area contributed by atoms with E-state index in [0.29, 0.717) is 0 Å². The molecule has 0 atom stereocenters. The molecule has 0 spiro atoms. The van der Waals surface area contributed by atoms with E-state index in [1.54, 1.807) is 0 Å². The molecule has 0 bridgehead atoms. The molecule has 1 rings (SSSR count). The second-order valence-electron chi connectivity index (χ2n) is 2.80. The van der Waals surface area contributed by atoms with Gasteiger partial charge in [0.2, 0.25) is 5.78 Å². The molecule has 10 nitrogen and oxygen atoms in total. The number of hydrogen-bond donors (Lipinski definition) is 0. The van der Waals surface area contributed by atoms with Gasteiger partial charge in [0.25, 0.3) is 5.78 Å². The van der Waals surface area contributed by atoms with E-state index in [4.69, 9.17) is 20.5 Å². The summed E-state index contributed by atoms with van der Waals surface area (Å²) in [4.78, 5) is 28.5. The number of carbonyl (C=O) groups is 2. The molecule has 92 valence electrons. The minimum absolute atomic E-state index is 0.466. The van der Waals surface area contributed by atoms with Gasteiger partial charge in [-0.15, -0.1) is 0 Å². The van der Waals surface area contributed by atoms with Crippen LogP contribution in [0.5, 0.6) is 0 Å². The van der Waals surface area contributed by atoms with Crippen molar-refractivity contribution in [1.29, 1.82) is 0 Å². The third kappa shape index (κ3) is 1.96. The lowest BCUT2D eigenvalue weighted by Crippen LogP contribution is -2.24. The van der Waals surface area contributed by atoms with Crippen LogP contribution in [-0.2, 0) is 19.1 Å². The van der Waals surface area contributed by atoms with E-state index in [-0.39, 0.29) is 0 Å². The summed E-state index contributed by atoms with van der Waals surface area (Å²) in [5.74, 6) is -2.72. The maximum absolute atomic E-state index is 11.8. The number of azide groups is 2.